The standard InChI is InChI=1S/C15H33N/c1-6-8-11-14(7-2)12-9-10-13-16-15(3,4)5/h14,16H,6-13H2,1-5H3. The Labute approximate surface area is 103 Å². The maximum absolute atomic E-state index is 3.56. The Morgan fingerprint density at radius 1 is 0.938 bits per heavy atom. The lowest BCUT2D eigenvalue weighted by Gasteiger charge is -2.21. The molecule has 0 aliphatic rings. The van der Waals surface area contributed by atoms with E-state index in [1.54, 1.807) is 0 Å². The van der Waals surface area contributed by atoms with Crippen LogP contribution in [0.15, 0.2) is 0 Å². The molecule has 98 valence electrons. The Kier molecular flexibility index (Phi) is 9.02. The lowest BCUT2D eigenvalue weighted by Crippen LogP contribution is -2.36. The van der Waals surface area contributed by atoms with Crippen LogP contribution in [0, 0.1) is 5.92 Å². The van der Waals surface area contributed by atoms with Crippen molar-refractivity contribution in [2.45, 2.75) is 85.1 Å². The molecule has 0 fully saturated rings. The molecule has 1 heteroatoms. The summed E-state index contributed by atoms with van der Waals surface area (Å²) in [5.74, 6) is 0.981. The van der Waals surface area contributed by atoms with Crippen molar-refractivity contribution in [1.29, 1.82) is 0 Å². The molecular weight excluding hydrogens is 194 g/mol. The number of rotatable bonds is 9. The summed E-state index contributed by atoms with van der Waals surface area (Å²) in [7, 11) is 0. The third-order valence-electron chi connectivity index (χ3n) is 3.24. The zero-order valence-electron chi connectivity index (χ0n) is 12.2. The molecule has 0 aromatic carbocycles. The molecule has 0 radical (unpaired) electrons. The van der Waals surface area contributed by atoms with Gasteiger partial charge in [-0.25, -0.2) is 0 Å². The van der Waals surface area contributed by atoms with Crippen molar-refractivity contribution in [3.63, 3.8) is 0 Å². The average molecular weight is 227 g/mol. The normalized spacial score (nSPS) is 14.1. The summed E-state index contributed by atoms with van der Waals surface area (Å²) in [4.78, 5) is 0. The van der Waals surface area contributed by atoms with Crippen molar-refractivity contribution in [1.82, 2.24) is 5.32 Å². The van der Waals surface area contributed by atoms with Crippen molar-refractivity contribution >= 4 is 0 Å². The van der Waals surface area contributed by atoms with Gasteiger partial charge in [-0.15, -0.1) is 0 Å². The number of hydrogen-bond donors (Lipinski definition) is 1. The minimum Gasteiger partial charge on any atom is -0.312 e. The SMILES string of the molecule is CCCCC(CC)CCCCNC(C)(C)C. The summed E-state index contributed by atoms with van der Waals surface area (Å²) in [6.07, 6.45) is 9.74. The number of nitrogens with one attached hydrogen (secondary N) is 1. The molecule has 0 aliphatic carbocycles. The fraction of sp³-hybridized carbons (Fsp3) is 1.00. The minimum absolute atomic E-state index is 0.284. The van der Waals surface area contributed by atoms with E-state index in [0.29, 0.717) is 0 Å². The molecule has 1 nitrogen and oxygen atoms in total. The Balaban J connectivity index is 3.41. The molecule has 1 unspecified atom stereocenters. The highest BCUT2D eigenvalue weighted by atomic mass is 14.9. The first-order valence-corrected chi connectivity index (χ1v) is 7.24. The Morgan fingerprint density at radius 2 is 1.56 bits per heavy atom. The molecule has 16 heavy (non-hydrogen) atoms. The van der Waals surface area contributed by atoms with Crippen LogP contribution < -0.4 is 5.32 Å². The summed E-state index contributed by atoms with van der Waals surface area (Å²) in [5.41, 5.74) is 0.284. The van der Waals surface area contributed by atoms with Crippen LogP contribution in [0.5, 0.6) is 0 Å². The van der Waals surface area contributed by atoms with Crippen molar-refractivity contribution in [2.75, 3.05) is 6.54 Å². The molecule has 0 spiro atoms. The van der Waals surface area contributed by atoms with Crippen LogP contribution in [0.3, 0.4) is 0 Å². The van der Waals surface area contributed by atoms with Crippen LogP contribution in [-0.4, -0.2) is 12.1 Å². The molecule has 0 bridgehead atoms. The van der Waals surface area contributed by atoms with Crippen LogP contribution in [0.4, 0.5) is 0 Å². The lowest BCUT2D eigenvalue weighted by molar-refractivity contribution is 0.382. The van der Waals surface area contributed by atoms with Gasteiger partial charge in [0.05, 0.1) is 0 Å². The largest absolute Gasteiger partial charge is 0.312 e. The van der Waals surface area contributed by atoms with Gasteiger partial charge in [-0.3, -0.25) is 0 Å². The van der Waals surface area contributed by atoms with Crippen LogP contribution in [0.25, 0.3) is 0 Å². The lowest BCUT2D eigenvalue weighted by atomic mass is 9.93. The molecule has 0 saturated heterocycles. The van der Waals surface area contributed by atoms with E-state index in [1.165, 1.54) is 51.5 Å². The first-order valence-electron chi connectivity index (χ1n) is 7.24. The summed E-state index contributed by atoms with van der Waals surface area (Å²) >= 11 is 0. The van der Waals surface area contributed by atoms with Crippen molar-refractivity contribution in [3.05, 3.63) is 0 Å². The van der Waals surface area contributed by atoms with Crippen molar-refractivity contribution < 1.29 is 0 Å². The summed E-state index contributed by atoms with van der Waals surface area (Å²) in [5, 5.41) is 3.56. The Bertz CT molecular complexity index is 146. The molecule has 0 rings (SSSR count). The molecule has 0 aliphatic heterocycles. The highest BCUT2D eigenvalue weighted by molar-refractivity contribution is 4.69. The highest BCUT2D eigenvalue weighted by Gasteiger charge is 2.08. The van der Waals surface area contributed by atoms with E-state index < -0.39 is 0 Å². The van der Waals surface area contributed by atoms with E-state index in [9.17, 15) is 0 Å². The molecule has 1 atom stereocenters. The van der Waals surface area contributed by atoms with Crippen molar-refractivity contribution in [3.8, 4) is 0 Å². The highest BCUT2D eigenvalue weighted by Crippen LogP contribution is 2.19. The molecular formula is C15H33N. The fourth-order valence-corrected chi connectivity index (χ4v) is 2.07. The molecule has 0 aromatic rings. The number of hydrogen-bond acceptors (Lipinski definition) is 1. The van der Waals surface area contributed by atoms with Crippen molar-refractivity contribution in [2.24, 2.45) is 5.92 Å². The zero-order valence-corrected chi connectivity index (χ0v) is 12.2. The van der Waals surface area contributed by atoms with Gasteiger partial charge in [0.1, 0.15) is 0 Å². The third-order valence-corrected chi connectivity index (χ3v) is 3.24. The Morgan fingerprint density at radius 3 is 2.06 bits per heavy atom. The van der Waals surface area contributed by atoms with Gasteiger partial charge >= 0.3 is 0 Å². The number of unbranched alkanes of at least 4 members (excludes halogenated alkanes) is 2. The van der Waals surface area contributed by atoms with Gasteiger partial charge in [0.2, 0.25) is 0 Å². The van der Waals surface area contributed by atoms with E-state index in [1.807, 2.05) is 0 Å². The monoisotopic (exact) mass is 227 g/mol. The molecule has 0 amide bonds. The quantitative estimate of drug-likeness (QED) is 0.560. The Hall–Kier alpha value is -0.0400. The van der Waals surface area contributed by atoms with Gasteiger partial charge in [0.15, 0.2) is 0 Å². The maximum atomic E-state index is 3.56. The van der Waals surface area contributed by atoms with E-state index in [-0.39, 0.29) is 5.54 Å². The first-order chi connectivity index (χ1) is 7.49. The van der Waals surface area contributed by atoms with Gasteiger partial charge in [-0.05, 0) is 39.7 Å². The summed E-state index contributed by atoms with van der Waals surface area (Å²) < 4.78 is 0. The predicted molar refractivity (Wildman–Crippen MR) is 74.9 cm³/mol. The molecule has 0 saturated carbocycles. The van der Waals surface area contributed by atoms with Gasteiger partial charge in [-0.1, -0.05) is 52.4 Å². The van der Waals surface area contributed by atoms with Gasteiger partial charge < -0.3 is 5.32 Å². The topological polar surface area (TPSA) is 12.0 Å². The minimum atomic E-state index is 0.284. The zero-order chi connectivity index (χ0) is 12.4. The first kappa shape index (κ1) is 16.0. The molecule has 1 N–H and O–H groups in total. The second-order valence-electron chi connectivity index (χ2n) is 6.09. The summed E-state index contributed by atoms with van der Waals surface area (Å²) in [6.45, 7) is 12.5. The van der Waals surface area contributed by atoms with Crippen LogP contribution >= 0.6 is 0 Å². The van der Waals surface area contributed by atoms with E-state index in [4.69, 9.17) is 0 Å². The van der Waals surface area contributed by atoms with Gasteiger partial charge in [0.25, 0.3) is 0 Å². The van der Waals surface area contributed by atoms with Gasteiger partial charge in [-0.2, -0.15) is 0 Å². The van der Waals surface area contributed by atoms with Crippen LogP contribution in [0.1, 0.15) is 79.6 Å². The van der Waals surface area contributed by atoms with E-state index in [0.717, 1.165) is 5.92 Å². The van der Waals surface area contributed by atoms with E-state index >= 15 is 0 Å². The second kappa shape index (κ2) is 9.04. The predicted octanol–water partition coefficient (Wildman–Crippen LogP) is 4.76. The second-order valence-corrected chi connectivity index (χ2v) is 6.09. The molecule has 0 aromatic heterocycles. The smallest absolute Gasteiger partial charge is 0.00965 e. The van der Waals surface area contributed by atoms with Gasteiger partial charge in [0, 0.05) is 5.54 Å². The van der Waals surface area contributed by atoms with E-state index in [2.05, 4.69) is 39.9 Å². The van der Waals surface area contributed by atoms with Crippen LogP contribution in [-0.2, 0) is 0 Å². The maximum Gasteiger partial charge on any atom is 0.00965 e. The molecule has 0 heterocycles. The average Bonchev–Trinajstić information content (AvgIpc) is 2.20. The van der Waals surface area contributed by atoms with Crippen LogP contribution in [0.2, 0.25) is 0 Å². The third kappa shape index (κ3) is 10.5. The fourth-order valence-electron chi connectivity index (χ4n) is 2.07. The summed E-state index contributed by atoms with van der Waals surface area (Å²) in [6, 6.07) is 0.